The van der Waals surface area contributed by atoms with Crippen molar-refractivity contribution in [1.29, 1.82) is 0 Å². The standard InChI is InChI=1S/C23H31FN2O2S/c1-29(28,21-4-2-20(24)3-5-21)26-7-6-16(15-26)11-22(27)25-23-12-17-8-18(13-23)10-19(9-17)14-23/h2-5,16-19H,1,6-15H2,(H,25,27). The van der Waals surface area contributed by atoms with Gasteiger partial charge in [-0.2, -0.15) is 0 Å². The van der Waals surface area contributed by atoms with E-state index in [0.29, 0.717) is 24.4 Å². The normalized spacial score (nSPS) is 38.1. The maximum Gasteiger partial charge on any atom is 0.220 e. The molecule has 4 saturated carbocycles. The molecule has 4 bridgehead atoms. The summed E-state index contributed by atoms with van der Waals surface area (Å²) in [6.45, 7) is 1.27. The third kappa shape index (κ3) is 3.74. The highest BCUT2D eigenvalue weighted by Gasteiger charge is 2.51. The van der Waals surface area contributed by atoms with Crippen molar-refractivity contribution >= 4 is 21.5 Å². The van der Waals surface area contributed by atoms with Gasteiger partial charge in [0, 0.05) is 29.9 Å². The van der Waals surface area contributed by atoms with Gasteiger partial charge in [-0.15, -0.1) is 0 Å². The van der Waals surface area contributed by atoms with Crippen LogP contribution >= 0.6 is 0 Å². The number of benzene rings is 1. The van der Waals surface area contributed by atoms with E-state index in [2.05, 4.69) is 11.2 Å². The van der Waals surface area contributed by atoms with E-state index in [0.717, 1.165) is 24.2 Å². The number of rotatable bonds is 5. The smallest absolute Gasteiger partial charge is 0.220 e. The molecule has 2 unspecified atom stereocenters. The average Bonchev–Trinajstić information content (AvgIpc) is 3.09. The van der Waals surface area contributed by atoms with Crippen LogP contribution < -0.4 is 5.32 Å². The van der Waals surface area contributed by atoms with Crippen molar-refractivity contribution in [3.05, 3.63) is 30.1 Å². The van der Waals surface area contributed by atoms with Crippen LogP contribution in [0.15, 0.2) is 29.2 Å². The summed E-state index contributed by atoms with van der Waals surface area (Å²) in [5.41, 5.74) is 0.0537. The summed E-state index contributed by atoms with van der Waals surface area (Å²) in [4.78, 5) is 13.4. The lowest BCUT2D eigenvalue weighted by Crippen LogP contribution is -2.60. The summed E-state index contributed by atoms with van der Waals surface area (Å²) in [5, 5.41) is 3.46. The van der Waals surface area contributed by atoms with Crippen LogP contribution in [0.5, 0.6) is 0 Å². The number of halogens is 1. The molecule has 0 spiro atoms. The van der Waals surface area contributed by atoms with Crippen LogP contribution in [0, 0.1) is 29.5 Å². The minimum Gasteiger partial charge on any atom is -0.351 e. The van der Waals surface area contributed by atoms with Gasteiger partial charge < -0.3 is 5.32 Å². The highest BCUT2D eigenvalue weighted by molar-refractivity contribution is 7.98. The SMILES string of the molecule is C=S(=O)(c1ccc(F)cc1)N1CCC(CC(=O)NC23CC4CC(CC(C4)C2)C3)C1. The zero-order valence-electron chi connectivity index (χ0n) is 16.9. The van der Waals surface area contributed by atoms with E-state index in [4.69, 9.17) is 0 Å². The molecule has 1 heterocycles. The van der Waals surface area contributed by atoms with Crippen molar-refractivity contribution in [2.75, 3.05) is 13.1 Å². The molecular weight excluding hydrogens is 387 g/mol. The third-order valence-corrected chi connectivity index (χ3v) is 9.94. The largest absolute Gasteiger partial charge is 0.351 e. The molecule has 0 aromatic heterocycles. The summed E-state index contributed by atoms with van der Waals surface area (Å²) in [7, 11) is -2.63. The first kappa shape index (κ1) is 19.6. The van der Waals surface area contributed by atoms with Crippen LogP contribution in [0.3, 0.4) is 0 Å². The molecule has 6 rings (SSSR count). The number of nitrogens with one attached hydrogen (secondary N) is 1. The molecule has 1 saturated heterocycles. The maximum absolute atomic E-state index is 13.2. The van der Waals surface area contributed by atoms with Gasteiger partial charge >= 0.3 is 0 Å². The van der Waals surface area contributed by atoms with Crippen LogP contribution in [0.25, 0.3) is 0 Å². The average molecular weight is 419 g/mol. The fourth-order valence-electron chi connectivity index (χ4n) is 6.90. The molecule has 29 heavy (non-hydrogen) atoms. The predicted molar refractivity (Wildman–Crippen MR) is 113 cm³/mol. The molecule has 1 aromatic rings. The number of nitrogens with zero attached hydrogens (tertiary/aromatic N) is 1. The number of amides is 1. The van der Waals surface area contributed by atoms with Gasteiger partial charge in [-0.25, -0.2) is 12.9 Å². The second-order valence-corrected chi connectivity index (χ2v) is 12.4. The molecule has 0 radical (unpaired) electrons. The lowest BCUT2D eigenvalue weighted by molar-refractivity contribution is -0.127. The monoisotopic (exact) mass is 418 g/mol. The first-order valence-corrected chi connectivity index (χ1v) is 12.7. The fraction of sp³-hybridized carbons (Fsp3) is 0.652. The van der Waals surface area contributed by atoms with Crippen LogP contribution in [-0.2, 0) is 14.5 Å². The van der Waals surface area contributed by atoms with Gasteiger partial charge in [0.05, 0.1) is 9.71 Å². The molecule has 158 valence electrons. The van der Waals surface area contributed by atoms with Crippen molar-refractivity contribution in [2.24, 2.45) is 23.7 Å². The van der Waals surface area contributed by atoms with Gasteiger partial charge in [0.1, 0.15) is 5.82 Å². The summed E-state index contributed by atoms with van der Waals surface area (Å²) in [6.07, 6.45) is 8.95. The molecule has 5 aliphatic rings. The first-order chi connectivity index (χ1) is 13.8. The molecule has 4 aliphatic carbocycles. The third-order valence-electron chi connectivity index (χ3n) is 7.76. The van der Waals surface area contributed by atoms with Gasteiger partial charge in [0.15, 0.2) is 0 Å². The van der Waals surface area contributed by atoms with Gasteiger partial charge in [-0.1, -0.05) is 0 Å². The molecule has 1 aliphatic heterocycles. The number of hydrogen-bond acceptors (Lipinski definition) is 2. The van der Waals surface area contributed by atoms with Gasteiger partial charge in [0.2, 0.25) is 5.91 Å². The Hall–Kier alpha value is -1.40. The molecule has 1 aromatic carbocycles. The summed E-state index contributed by atoms with van der Waals surface area (Å²) >= 11 is 0. The van der Waals surface area contributed by atoms with E-state index < -0.39 is 9.71 Å². The predicted octanol–water partition coefficient (Wildman–Crippen LogP) is 3.61. The number of carbonyl (C=O) groups is 1. The first-order valence-electron chi connectivity index (χ1n) is 11.0. The molecular formula is C23H31FN2O2S. The van der Waals surface area contributed by atoms with Crippen molar-refractivity contribution in [2.45, 2.75) is 61.8 Å². The second-order valence-electron chi connectivity index (χ2n) is 10.1. The van der Waals surface area contributed by atoms with Crippen LogP contribution in [-0.4, -0.2) is 38.9 Å². The molecule has 5 fully saturated rings. The Bertz CT molecular complexity index is 861. The molecule has 1 N–H and O–H groups in total. The van der Waals surface area contributed by atoms with E-state index in [1.54, 1.807) is 12.1 Å². The highest BCUT2D eigenvalue weighted by Crippen LogP contribution is 2.55. The van der Waals surface area contributed by atoms with Gasteiger partial charge in [0.25, 0.3) is 0 Å². The van der Waals surface area contributed by atoms with Crippen molar-refractivity contribution in [3.63, 3.8) is 0 Å². The zero-order valence-corrected chi connectivity index (χ0v) is 17.8. The Morgan fingerprint density at radius 1 is 1.14 bits per heavy atom. The Morgan fingerprint density at radius 3 is 2.31 bits per heavy atom. The van der Waals surface area contributed by atoms with Crippen LogP contribution in [0.2, 0.25) is 0 Å². The Labute approximate surface area is 173 Å². The minimum absolute atomic E-state index is 0.0537. The van der Waals surface area contributed by atoms with Gasteiger partial charge in [-0.05, 0) is 98.8 Å². The number of hydrogen-bond donors (Lipinski definition) is 1. The Balaban J connectivity index is 1.19. The van der Waals surface area contributed by atoms with Gasteiger partial charge in [-0.3, -0.25) is 4.79 Å². The minimum atomic E-state index is -2.63. The maximum atomic E-state index is 13.2. The van der Waals surface area contributed by atoms with Crippen LogP contribution in [0.1, 0.15) is 51.4 Å². The van der Waals surface area contributed by atoms with Crippen molar-refractivity contribution < 1.29 is 13.4 Å². The molecule has 1 amide bonds. The van der Waals surface area contributed by atoms with Crippen LogP contribution in [0.4, 0.5) is 4.39 Å². The Morgan fingerprint density at radius 2 is 1.72 bits per heavy atom. The quantitative estimate of drug-likeness (QED) is 0.743. The number of carbonyl (C=O) groups excluding carboxylic acids is 1. The second kappa shape index (κ2) is 7.09. The molecule has 6 heteroatoms. The lowest BCUT2D eigenvalue weighted by atomic mass is 9.53. The summed E-state index contributed by atoms with van der Waals surface area (Å²) in [5.74, 6) is 6.41. The topological polar surface area (TPSA) is 49.4 Å². The molecule has 2 atom stereocenters. The van der Waals surface area contributed by atoms with E-state index >= 15 is 0 Å². The van der Waals surface area contributed by atoms with Crippen molar-refractivity contribution in [1.82, 2.24) is 9.62 Å². The fourth-order valence-corrected chi connectivity index (χ4v) is 8.61. The summed E-state index contributed by atoms with van der Waals surface area (Å²) in [6, 6.07) is 5.76. The van der Waals surface area contributed by atoms with E-state index in [9.17, 15) is 13.4 Å². The summed E-state index contributed by atoms with van der Waals surface area (Å²) < 4.78 is 28.3. The lowest BCUT2D eigenvalue weighted by Gasteiger charge is -2.57. The van der Waals surface area contributed by atoms with E-state index in [1.165, 1.54) is 50.7 Å². The Kier molecular flexibility index (Phi) is 4.78. The van der Waals surface area contributed by atoms with E-state index in [-0.39, 0.29) is 23.2 Å². The zero-order chi connectivity index (χ0) is 20.2. The van der Waals surface area contributed by atoms with E-state index in [1.807, 2.05) is 4.31 Å². The molecule has 4 nitrogen and oxygen atoms in total. The highest BCUT2D eigenvalue weighted by atomic mass is 32.2. The van der Waals surface area contributed by atoms with Crippen molar-refractivity contribution in [3.8, 4) is 0 Å².